The maximum atomic E-state index is 12.7. The number of carbonyl (C=O) groups is 2. The van der Waals surface area contributed by atoms with E-state index in [9.17, 15) is 18.0 Å². The van der Waals surface area contributed by atoms with Crippen molar-refractivity contribution in [1.29, 1.82) is 0 Å². The zero-order valence-electron chi connectivity index (χ0n) is 16.7. The minimum atomic E-state index is -3.99. The molecule has 0 saturated carbocycles. The summed E-state index contributed by atoms with van der Waals surface area (Å²) in [6.45, 7) is 1.97. The van der Waals surface area contributed by atoms with Crippen LogP contribution in [0.3, 0.4) is 0 Å². The fraction of sp³-hybridized carbons (Fsp3) is 0.250. The lowest BCUT2D eigenvalue weighted by Gasteiger charge is -2.13. The number of amides is 2. The fourth-order valence-electron chi connectivity index (χ4n) is 2.82. The smallest absolute Gasteiger partial charge is 0.284 e. The molecule has 0 bridgehead atoms. The predicted molar refractivity (Wildman–Crippen MR) is 124 cm³/mol. The average Bonchev–Trinajstić information content (AvgIpc) is 3.02. The van der Waals surface area contributed by atoms with E-state index < -0.39 is 15.3 Å². The number of nitrogens with zero attached hydrogens (tertiary/aromatic N) is 2. The number of carbonyl (C=O) groups excluding carboxylic acids is 2. The number of amidine groups is 1. The lowest BCUT2D eigenvalue weighted by Crippen LogP contribution is -2.33. The van der Waals surface area contributed by atoms with E-state index in [0.717, 1.165) is 16.2 Å². The summed E-state index contributed by atoms with van der Waals surface area (Å²) in [4.78, 5) is 26.4. The highest BCUT2D eigenvalue weighted by molar-refractivity contribution is 9.10. The standard InChI is InChI=1S/C20H20BrN3O5S2/c1-3-24-19(26)17(12-18(25)22-14-6-8-15(29-2)9-7-14)30-20(24)23-31(27,28)16-10-4-13(21)5-11-16/h4-11,17H,3,12H2,1-2H3,(H,22,25). The third-order valence-corrected chi connectivity index (χ3v) is 7.49. The van der Waals surface area contributed by atoms with Crippen LogP contribution in [0.25, 0.3) is 0 Å². The molecule has 0 aromatic heterocycles. The molecule has 0 radical (unpaired) electrons. The number of hydrogen-bond acceptors (Lipinski definition) is 6. The summed E-state index contributed by atoms with van der Waals surface area (Å²) in [5, 5.41) is 2.04. The Morgan fingerprint density at radius 3 is 2.42 bits per heavy atom. The summed E-state index contributed by atoms with van der Waals surface area (Å²) >= 11 is 4.24. The van der Waals surface area contributed by atoms with Gasteiger partial charge in [-0.15, -0.1) is 4.40 Å². The van der Waals surface area contributed by atoms with E-state index in [1.807, 2.05) is 0 Å². The van der Waals surface area contributed by atoms with Gasteiger partial charge in [-0.05, 0) is 55.5 Å². The zero-order chi connectivity index (χ0) is 22.6. The summed E-state index contributed by atoms with van der Waals surface area (Å²) in [6.07, 6.45) is -0.108. The molecule has 31 heavy (non-hydrogen) atoms. The molecule has 1 aliphatic rings. The number of methoxy groups -OCH3 is 1. The molecule has 2 aromatic rings. The van der Waals surface area contributed by atoms with Gasteiger partial charge in [0.2, 0.25) is 11.8 Å². The van der Waals surface area contributed by atoms with Gasteiger partial charge in [0.1, 0.15) is 11.0 Å². The van der Waals surface area contributed by atoms with Crippen LogP contribution in [0.15, 0.2) is 62.3 Å². The van der Waals surface area contributed by atoms with Crippen LogP contribution in [0.2, 0.25) is 0 Å². The Morgan fingerprint density at radius 1 is 1.19 bits per heavy atom. The quantitative estimate of drug-likeness (QED) is 0.592. The van der Waals surface area contributed by atoms with Crippen molar-refractivity contribution in [1.82, 2.24) is 4.90 Å². The molecular weight excluding hydrogens is 506 g/mol. The first-order valence-corrected chi connectivity index (χ1v) is 12.4. The van der Waals surface area contributed by atoms with Crippen LogP contribution >= 0.6 is 27.7 Å². The number of thioether (sulfide) groups is 1. The molecule has 2 aromatic carbocycles. The molecule has 11 heteroatoms. The Labute approximate surface area is 193 Å². The molecule has 1 atom stereocenters. The highest BCUT2D eigenvalue weighted by atomic mass is 79.9. The van der Waals surface area contributed by atoms with Crippen LogP contribution in [0.1, 0.15) is 13.3 Å². The van der Waals surface area contributed by atoms with Crippen molar-refractivity contribution in [2.75, 3.05) is 19.0 Å². The molecule has 3 rings (SSSR count). The van der Waals surface area contributed by atoms with Gasteiger partial charge in [0, 0.05) is 23.1 Å². The van der Waals surface area contributed by atoms with Crippen molar-refractivity contribution < 1.29 is 22.7 Å². The average molecular weight is 526 g/mol. The molecular formula is C20H20BrN3O5S2. The number of nitrogens with one attached hydrogen (secondary N) is 1. The summed E-state index contributed by atoms with van der Waals surface area (Å²) in [5.41, 5.74) is 0.570. The van der Waals surface area contributed by atoms with E-state index in [1.54, 1.807) is 50.4 Å². The van der Waals surface area contributed by atoms with Crippen LogP contribution in [-0.4, -0.2) is 49.2 Å². The normalized spacial score (nSPS) is 17.8. The fourth-order valence-corrected chi connectivity index (χ4v) is 5.50. The van der Waals surface area contributed by atoms with Gasteiger partial charge in [-0.2, -0.15) is 8.42 Å². The van der Waals surface area contributed by atoms with Gasteiger partial charge in [0.25, 0.3) is 10.0 Å². The Bertz CT molecular complexity index is 1100. The van der Waals surface area contributed by atoms with Gasteiger partial charge < -0.3 is 10.1 Å². The number of halogens is 1. The molecule has 164 valence electrons. The van der Waals surface area contributed by atoms with Crippen LogP contribution in [0.5, 0.6) is 5.75 Å². The van der Waals surface area contributed by atoms with E-state index in [2.05, 4.69) is 25.6 Å². The van der Waals surface area contributed by atoms with Crippen molar-refractivity contribution in [3.8, 4) is 5.75 Å². The Morgan fingerprint density at radius 2 is 1.84 bits per heavy atom. The molecule has 1 fully saturated rings. The molecule has 1 N–H and O–H groups in total. The van der Waals surface area contributed by atoms with E-state index in [4.69, 9.17) is 4.74 Å². The minimum Gasteiger partial charge on any atom is -0.497 e. The van der Waals surface area contributed by atoms with Crippen LogP contribution in [0, 0.1) is 0 Å². The SMILES string of the molecule is CCN1C(=O)C(CC(=O)Nc2ccc(OC)cc2)SC1=NS(=O)(=O)c1ccc(Br)cc1. The van der Waals surface area contributed by atoms with E-state index >= 15 is 0 Å². The van der Waals surface area contributed by atoms with Crippen molar-refractivity contribution in [2.24, 2.45) is 4.40 Å². The second-order valence-electron chi connectivity index (χ2n) is 6.47. The predicted octanol–water partition coefficient (Wildman–Crippen LogP) is 3.50. The van der Waals surface area contributed by atoms with Crippen LogP contribution < -0.4 is 10.1 Å². The second kappa shape index (κ2) is 9.84. The molecule has 1 saturated heterocycles. The summed E-state index contributed by atoms with van der Waals surface area (Å²) in [7, 11) is -2.45. The lowest BCUT2D eigenvalue weighted by atomic mass is 10.2. The molecule has 2 amide bonds. The largest absolute Gasteiger partial charge is 0.497 e. The maximum Gasteiger partial charge on any atom is 0.284 e. The van der Waals surface area contributed by atoms with Crippen LogP contribution in [0.4, 0.5) is 5.69 Å². The number of anilines is 1. The topological polar surface area (TPSA) is 105 Å². The number of ether oxygens (including phenoxy) is 1. The first kappa shape index (κ1) is 23.3. The van der Waals surface area contributed by atoms with Gasteiger partial charge in [0.15, 0.2) is 5.17 Å². The van der Waals surface area contributed by atoms with Crippen molar-refractivity contribution in [2.45, 2.75) is 23.5 Å². The Balaban J connectivity index is 1.73. The van der Waals surface area contributed by atoms with Gasteiger partial charge in [-0.25, -0.2) is 0 Å². The summed E-state index contributed by atoms with van der Waals surface area (Å²) < 4.78 is 35.0. The van der Waals surface area contributed by atoms with E-state index in [-0.39, 0.29) is 34.8 Å². The van der Waals surface area contributed by atoms with Crippen molar-refractivity contribution in [3.63, 3.8) is 0 Å². The van der Waals surface area contributed by atoms with Crippen molar-refractivity contribution >= 4 is 60.4 Å². The van der Waals surface area contributed by atoms with Gasteiger partial charge in [0.05, 0.1) is 12.0 Å². The van der Waals surface area contributed by atoms with Crippen LogP contribution in [-0.2, 0) is 19.6 Å². The summed E-state index contributed by atoms with van der Waals surface area (Å²) in [5.74, 6) is -0.0443. The Kier molecular flexibility index (Phi) is 7.39. The lowest BCUT2D eigenvalue weighted by molar-refractivity contribution is -0.128. The monoisotopic (exact) mass is 525 g/mol. The molecule has 0 spiro atoms. The van der Waals surface area contributed by atoms with E-state index in [1.165, 1.54) is 17.0 Å². The first-order valence-electron chi connectivity index (χ1n) is 9.26. The minimum absolute atomic E-state index is 0.0213. The molecule has 1 unspecified atom stereocenters. The highest BCUT2D eigenvalue weighted by Crippen LogP contribution is 2.31. The van der Waals surface area contributed by atoms with Crippen molar-refractivity contribution in [3.05, 3.63) is 53.0 Å². The molecule has 1 aliphatic heterocycles. The summed E-state index contributed by atoms with van der Waals surface area (Å²) in [6, 6.07) is 12.9. The number of hydrogen-bond donors (Lipinski definition) is 1. The zero-order valence-corrected chi connectivity index (χ0v) is 20.0. The second-order valence-corrected chi connectivity index (χ2v) is 10.2. The first-order chi connectivity index (χ1) is 14.7. The van der Waals surface area contributed by atoms with Gasteiger partial charge in [-0.1, -0.05) is 27.7 Å². The molecule has 1 heterocycles. The van der Waals surface area contributed by atoms with Gasteiger partial charge in [-0.3, -0.25) is 14.5 Å². The van der Waals surface area contributed by atoms with E-state index in [0.29, 0.717) is 11.4 Å². The number of benzene rings is 2. The van der Waals surface area contributed by atoms with Gasteiger partial charge >= 0.3 is 0 Å². The maximum absolute atomic E-state index is 12.7. The molecule has 0 aliphatic carbocycles. The third-order valence-electron chi connectivity index (χ3n) is 4.39. The third kappa shape index (κ3) is 5.66. The molecule has 8 nitrogen and oxygen atoms in total. The number of rotatable bonds is 7. The Hall–Kier alpha value is -2.37. The number of sulfonamides is 1. The highest BCUT2D eigenvalue weighted by Gasteiger charge is 2.39.